The lowest BCUT2D eigenvalue weighted by atomic mass is 10.1. The SMILES string of the molecule is CN(C)c1ccc(/C=C(\NC(=O)c2ccccc2)C(=O)Nc2ccccc2C(=O)NCc2ccccc2)cc1. The molecule has 4 aromatic carbocycles. The van der Waals surface area contributed by atoms with Gasteiger partial charge in [-0.15, -0.1) is 0 Å². The molecule has 0 aromatic heterocycles. The molecule has 7 heteroatoms. The normalized spacial score (nSPS) is 10.9. The zero-order valence-electron chi connectivity index (χ0n) is 21.8. The average molecular weight is 519 g/mol. The van der Waals surface area contributed by atoms with E-state index in [2.05, 4.69) is 16.0 Å². The highest BCUT2D eigenvalue weighted by Crippen LogP contribution is 2.18. The second-order valence-corrected chi connectivity index (χ2v) is 9.03. The number of carbonyl (C=O) groups is 3. The van der Waals surface area contributed by atoms with Gasteiger partial charge in [0, 0.05) is 31.9 Å². The van der Waals surface area contributed by atoms with E-state index < -0.39 is 11.8 Å². The van der Waals surface area contributed by atoms with E-state index >= 15 is 0 Å². The van der Waals surface area contributed by atoms with E-state index in [1.807, 2.05) is 79.7 Å². The van der Waals surface area contributed by atoms with Gasteiger partial charge in [-0.3, -0.25) is 14.4 Å². The van der Waals surface area contributed by atoms with Crippen LogP contribution in [0.3, 0.4) is 0 Å². The van der Waals surface area contributed by atoms with Crippen molar-refractivity contribution in [2.75, 3.05) is 24.3 Å². The standard InChI is InChI=1S/C32H30N4O3/c1-36(2)26-19-17-23(18-20-26)21-29(35-30(37)25-13-7-4-8-14-25)32(39)34-28-16-10-9-15-27(28)31(38)33-22-24-11-5-3-6-12-24/h3-21H,22H2,1-2H3,(H,33,38)(H,34,39)(H,35,37)/b29-21-. The van der Waals surface area contributed by atoms with Gasteiger partial charge in [0.05, 0.1) is 11.3 Å². The van der Waals surface area contributed by atoms with E-state index in [1.54, 1.807) is 54.6 Å². The molecule has 4 aromatic rings. The minimum atomic E-state index is -0.556. The summed E-state index contributed by atoms with van der Waals surface area (Å²) in [5.41, 5.74) is 3.79. The van der Waals surface area contributed by atoms with Crippen LogP contribution in [-0.2, 0) is 11.3 Å². The third kappa shape index (κ3) is 7.42. The summed E-state index contributed by atoms with van der Waals surface area (Å²) in [7, 11) is 3.88. The molecule has 0 spiro atoms. The first kappa shape index (κ1) is 26.9. The first-order valence-electron chi connectivity index (χ1n) is 12.5. The van der Waals surface area contributed by atoms with Gasteiger partial charge in [0.1, 0.15) is 5.70 Å². The number of carbonyl (C=O) groups excluding carboxylic acids is 3. The summed E-state index contributed by atoms with van der Waals surface area (Å²) in [5.74, 6) is -1.30. The van der Waals surface area contributed by atoms with Gasteiger partial charge in [0.2, 0.25) is 0 Å². The molecule has 0 saturated heterocycles. The Morgan fingerprint density at radius 2 is 1.33 bits per heavy atom. The van der Waals surface area contributed by atoms with Crippen LogP contribution in [0.15, 0.2) is 115 Å². The monoisotopic (exact) mass is 518 g/mol. The predicted molar refractivity (Wildman–Crippen MR) is 155 cm³/mol. The number of rotatable bonds is 9. The predicted octanol–water partition coefficient (Wildman–Crippen LogP) is 5.09. The highest BCUT2D eigenvalue weighted by molar-refractivity contribution is 6.13. The molecule has 0 fully saturated rings. The fourth-order valence-electron chi connectivity index (χ4n) is 3.83. The molecule has 4 rings (SSSR count). The maximum Gasteiger partial charge on any atom is 0.272 e. The molecule has 196 valence electrons. The molecule has 0 bridgehead atoms. The molecular formula is C32H30N4O3. The molecule has 7 nitrogen and oxygen atoms in total. The molecule has 0 atom stereocenters. The number of anilines is 2. The number of nitrogens with zero attached hydrogens (tertiary/aromatic N) is 1. The third-order valence-electron chi connectivity index (χ3n) is 5.97. The number of amides is 3. The van der Waals surface area contributed by atoms with Gasteiger partial charge >= 0.3 is 0 Å². The van der Waals surface area contributed by atoms with Crippen molar-refractivity contribution in [1.29, 1.82) is 0 Å². The molecule has 39 heavy (non-hydrogen) atoms. The fourth-order valence-corrected chi connectivity index (χ4v) is 3.83. The lowest BCUT2D eigenvalue weighted by molar-refractivity contribution is -0.113. The van der Waals surface area contributed by atoms with Crippen molar-refractivity contribution >= 4 is 35.2 Å². The van der Waals surface area contributed by atoms with Crippen LogP contribution in [0.5, 0.6) is 0 Å². The number of hydrogen-bond donors (Lipinski definition) is 3. The van der Waals surface area contributed by atoms with Crippen molar-refractivity contribution in [3.63, 3.8) is 0 Å². The molecule has 3 N–H and O–H groups in total. The van der Waals surface area contributed by atoms with Crippen LogP contribution in [0.2, 0.25) is 0 Å². The lowest BCUT2D eigenvalue weighted by Crippen LogP contribution is -2.31. The van der Waals surface area contributed by atoms with Gasteiger partial charge in [0.25, 0.3) is 17.7 Å². The van der Waals surface area contributed by atoms with Crippen molar-refractivity contribution in [3.05, 3.63) is 137 Å². The Balaban J connectivity index is 1.57. The third-order valence-corrected chi connectivity index (χ3v) is 5.97. The number of nitrogens with one attached hydrogen (secondary N) is 3. The molecule has 0 aliphatic heterocycles. The summed E-state index contributed by atoms with van der Waals surface area (Å²) in [5, 5.41) is 8.43. The van der Waals surface area contributed by atoms with Gasteiger partial charge in [0.15, 0.2) is 0 Å². The van der Waals surface area contributed by atoms with Crippen LogP contribution in [0.1, 0.15) is 31.8 Å². The van der Waals surface area contributed by atoms with Crippen LogP contribution in [-0.4, -0.2) is 31.8 Å². The van der Waals surface area contributed by atoms with Crippen LogP contribution in [0.25, 0.3) is 6.08 Å². The van der Waals surface area contributed by atoms with Crippen molar-refractivity contribution in [3.8, 4) is 0 Å². The van der Waals surface area contributed by atoms with Gasteiger partial charge in [-0.1, -0.05) is 72.8 Å². The van der Waals surface area contributed by atoms with Crippen LogP contribution in [0, 0.1) is 0 Å². The van der Waals surface area contributed by atoms with Gasteiger partial charge in [-0.05, 0) is 53.6 Å². The number of hydrogen-bond acceptors (Lipinski definition) is 4. The van der Waals surface area contributed by atoms with Gasteiger partial charge in [-0.2, -0.15) is 0 Å². The average Bonchev–Trinajstić information content (AvgIpc) is 2.97. The molecule has 0 heterocycles. The Labute approximate surface area is 228 Å². The van der Waals surface area contributed by atoms with Gasteiger partial charge < -0.3 is 20.9 Å². The smallest absolute Gasteiger partial charge is 0.272 e. The summed E-state index contributed by atoms with van der Waals surface area (Å²) in [6.45, 7) is 0.350. The summed E-state index contributed by atoms with van der Waals surface area (Å²) >= 11 is 0. The van der Waals surface area contributed by atoms with E-state index in [0.29, 0.717) is 23.4 Å². The zero-order chi connectivity index (χ0) is 27.6. The Bertz CT molecular complexity index is 1460. The van der Waals surface area contributed by atoms with Crippen LogP contribution in [0.4, 0.5) is 11.4 Å². The summed E-state index contributed by atoms with van der Waals surface area (Å²) < 4.78 is 0. The van der Waals surface area contributed by atoms with E-state index in [0.717, 1.165) is 16.8 Å². The second kappa shape index (κ2) is 12.9. The minimum Gasteiger partial charge on any atom is -0.378 e. The quantitative estimate of drug-likeness (QED) is 0.269. The van der Waals surface area contributed by atoms with Crippen LogP contribution < -0.4 is 20.9 Å². The van der Waals surface area contributed by atoms with Crippen molar-refractivity contribution in [1.82, 2.24) is 10.6 Å². The van der Waals surface area contributed by atoms with Crippen LogP contribution >= 0.6 is 0 Å². The lowest BCUT2D eigenvalue weighted by Gasteiger charge is -2.15. The molecule has 0 aliphatic carbocycles. The molecule has 3 amide bonds. The Morgan fingerprint density at radius 1 is 0.718 bits per heavy atom. The highest BCUT2D eigenvalue weighted by atomic mass is 16.2. The molecular weight excluding hydrogens is 488 g/mol. The molecule has 0 unspecified atom stereocenters. The Morgan fingerprint density at radius 3 is 2.00 bits per heavy atom. The van der Waals surface area contributed by atoms with Crippen molar-refractivity contribution in [2.24, 2.45) is 0 Å². The minimum absolute atomic E-state index is 0.0425. The Hall–Kier alpha value is -5.17. The van der Waals surface area contributed by atoms with E-state index in [1.165, 1.54) is 0 Å². The van der Waals surface area contributed by atoms with Crippen molar-refractivity contribution in [2.45, 2.75) is 6.54 Å². The molecule has 0 radical (unpaired) electrons. The largest absolute Gasteiger partial charge is 0.378 e. The molecule has 0 saturated carbocycles. The highest BCUT2D eigenvalue weighted by Gasteiger charge is 2.18. The number of para-hydroxylation sites is 1. The molecule has 0 aliphatic rings. The maximum atomic E-state index is 13.5. The zero-order valence-corrected chi connectivity index (χ0v) is 21.8. The topological polar surface area (TPSA) is 90.5 Å². The van der Waals surface area contributed by atoms with E-state index in [-0.39, 0.29) is 11.6 Å². The van der Waals surface area contributed by atoms with E-state index in [4.69, 9.17) is 0 Å². The first-order valence-corrected chi connectivity index (χ1v) is 12.5. The maximum absolute atomic E-state index is 13.5. The van der Waals surface area contributed by atoms with E-state index in [9.17, 15) is 14.4 Å². The van der Waals surface area contributed by atoms with Gasteiger partial charge in [-0.25, -0.2) is 0 Å². The second-order valence-electron chi connectivity index (χ2n) is 9.03. The number of benzene rings is 4. The first-order chi connectivity index (χ1) is 18.9. The summed E-state index contributed by atoms with van der Waals surface area (Å²) in [6.07, 6.45) is 1.60. The summed E-state index contributed by atoms with van der Waals surface area (Å²) in [6, 6.07) is 32.5. The fraction of sp³-hybridized carbons (Fsp3) is 0.0938. The Kier molecular flexibility index (Phi) is 8.87. The summed E-state index contributed by atoms with van der Waals surface area (Å²) in [4.78, 5) is 41.4. The van der Waals surface area contributed by atoms with Crippen molar-refractivity contribution < 1.29 is 14.4 Å².